The fourth-order valence-electron chi connectivity index (χ4n) is 4.24. The van der Waals surface area contributed by atoms with Crippen LogP contribution in [0.3, 0.4) is 0 Å². The maximum atomic E-state index is 12.3. The van der Waals surface area contributed by atoms with Crippen LogP contribution in [0.1, 0.15) is 26.3 Å². The zero-order valence-electron chi connectivity index (χ0n) is 21.1. The first-order valence-electron chi connectivity index (χ1n) is 12.1. The molecule has 0 saturated carbocycles. The molecule has 5 rings (SSSR count). The van der Waals surface area contributed by atoms with Gasteiger partial charge in [0.1, 0.15) is 17.1 Å². The van der Waals surface area contributed by atoms with Gasteiger partial charge in [-0.25, -0.2) is 14.8 Å². The van der Waals surface area contributed by atoms with Crippen LogP contribution < -0.4 is 10.2 Å². The summed E-state index contributed by atoms with van der Waals surface area (Å²) in [4.78, 5) is 30.1. The van der Waals surface area contributed by atoms with E-state index in [-0.39, 0.29) is 6.09 Å². The molecule has 36 heavy (non-hydrogen) atoms. The van der Waals surface area contributed by atoms with Gasteiger partial charge in [0, 0.05) is 49.6 Å². The highest BCUT2D eigenvalue weighted by Crippen LogP contribution is 2.25. The maximum Gasteiger partial charge on any atom is 0.410 e. The number of aromatic nitrogens is 4. The number of ether oxygens (including phenoxy) is 1. The second-order valence-electron chi connectivity index (χ2n) is 9.93. The molecule has 1 aromatic carbocycles. The van der Waals surface area contributed by atoms with Crippen LogP contribution in [0.15, 0.2) is 61.1 Å². The predicted octanol–water partition coefficient (Wildman–Crippen LogP) is 4.92. The van der Waals surface area contributed by atoms with Crippen molar-refractivity contribution in [2.24, 2.45) is 0 Å². The van der Waals surface area contributed by atoms with Gasteiger partial charge in [0.05, 0.1) is 11.9 Å². The third-order valence-corrected chi connectivity index (χ3v) is 6.06. The van der Waals surface area contributed by atoms with E-state index in [1.807, 2.05) is 63.5 Å². The lowest BCUT2D eigenvalue weighted by atomic mass is 10.2. The number of nitrogens with zero attached hydrogens (tertiary/aromatic N) is 6. The summed E-state index contributed by atoms with van der Waals surface area (Å²) in [5.74, 6) is 1.16. The highest BCUT2D eigenvalue weighted by Gasteiger charge is 2.26. The first kappa shape index (κ1) is 23.6. The number of anilines is 3. The Morgan fingerprint density at radius 1 is 0.944 bits per heavy atom. The lowest BCUT2D eigenvalue weighted by Gasteiger charge is -2.36. The standard InChI is InChI=1S/C27H31N7O2/c1-19-18-34(20-8-6-5-7-9-20)24-22(19)17-29-25(31-24)30-23-11-10-21(16-28-23)32-12-14-33(15-13-32)26(35)36-27(2,3)4/h5-11,16-18H,12-15H2,1-4H3,(H,28,29,30,31). The van der Waals surface area contributed by atoms with E-state index in [1.54, 1.807) is 4.90 Å². The van der Waals surface area contributed by atoms with Crippen LogP contribution in [-0.4, -0.2) is 62.3 Å². The van der Waals surface area contributed by atoms with Crippen molar-refractivity contribution in [1.82, 2.24) is 24.4 Å². The van der Waals surface area contributed by atoms with Gasteiger partial charge >= 0.3 is 6.09 Å². The molecule has 0 unspecified atom stereocenters. The summed E-state index contributed by atoms with van der Waals surface area (Å²) in [6, 6.07) is 14.1. The summed E-state index contributed by atoms with van der Waals surface area (Å²) in [7, 11) is 0. The Labute approximate surface area is 210 Å². The molecule has 0 aliphatic carbocycles. The Kier molecular flexibility index (Phi) is 6.22. The number of carbonyl (C=O) groups excluding carboxylic acids is 1. The van der Waals surface area contributed by atoms with Gasteiger partial charge in [0.2, 0.25) is 5.95 Å². The van der Waals surface area contributed by atoms with Crippen molar-refractivity contribution in [1.29, 1.82) is 0 Å². The first-order chi connectivity index (χ1) is 17.3. The highest BCUT2D eigenvalue weighted by atomic mass is 16.6. The van der Waals surface area contributed by atoms with Crippen LogP contribution in [0.5, 0.6) is 0 Å². The second kappa shape index (κ2) is 9.49. The minimum Gasteiger partial charge on any atom is -0.444 e. The molecule has 4 aromatic rings. The van der Waals surface area contributed by atoms with Crippen LogP contribution in [0, 0.1) is 6.92 Å². The molecular weight excluding hydrogens is 454 g/mol. The average Bonchev–Trinajstić information content (AvgIpc) is 3.20. The summed E-state index contributed by atoms with van der Waals surface area (Å²) in [5.41, 5.74) is 3.53. The quantitative estimate of drug-likeness (QED) is 0.439. The molecule has 186 valence electrons. The summed E-state index contributed by atoms with van der Waals surface area (Å²) >= 11 is 0. The number of aryl methyl sites for hydroxylation is 1. The average molecular weight is 486 g/mol. The Balaban J connectivity index is 1.26. The van der Waals surface area contributed by atoms with E-state index in [0.717, 1.165) is 41.1 Å². The van der Waals surface area contributed by atoms with Gasteiger partial charge in [-0.15, -0.1) is 0 Å². The molecule has 0 spiro atoms. The molecule has 0 bridgehead atoms. The minimum atomic E-state index is -0.487. The van der Waals surface area contributed by atoms with Crippen molar-refractivity contribution in [2.45, 2.75) is 33.3 Å². The van der Waals surface area contributed by atoms with Gasteiger partial charge in [0.15, 0.2) is 0 Å². The zero-order valence-corrected chi connectivity index (χ0v) is 21.1. The number of hydrogen-bond acceptors (Lipinski definition) is 7. The number of hydrogen-bond donors (Lipinski definition) is 1. The Morgan fingerprint density at radius 3 is 2.36 bits per heavy atom. The normalized spacial score (nSPS) is 14.2. The van der Waals surface area contributed by atoms with Crippen LogP contribution in [0.25, 0.3) is 16.7 Å². The largest absolute Gasteiger partial charge is 0.444 e. The van der Waals surface area contributed by atoms with Gasteiger partial charge in [0.25, 0.3) is 0 Å². The summed E-state index contributed by atoms with van der Waals surface area (Å²) in [6.45, 7) is 10.4. The number of pyridine rings is 1. The van der Waals surface area contributed by atoms with Crippen molar-refractivity contribution >= 4 is 34.6 Å². The van der Waals surface area contributed by atoms with E-state index in [9.17, 15) is 4.79 Å². The SMILES string of the molecule is Cc1cn(-c2ccccc2)c2nc(Nc3ccc(N4CCN(C(=O)OC(C)(C)C)CC4)cn3)ncc12. The third kappa shape index (κ3) is 5.10. The van der Waals surface area contributed by atoms with E-state index in [1.165, 1.54) is 0 Å². The molecule has 0 radical (unpaired) electrons. The fourth-order valence-corrected chi connectivity index (χ4v) is 4.24. The van der Waals surface area contributed by atoms with Crippen LogP contribution in [-0.2, 0) is 4.74 Å². The van der Waals surface area contributed by atoms with E-state index in [2.05, 4.69) is 50.0 Å². The van der Waals surface area contributed by atoms with Crippen LogP contribution >= 0.6 is 0 Å². The van der Waals surface area contributed by atoms with E-state index in [0.29, 0.717) is 24.9 Å². The number of piperazine rings is 1. The van der Waals surface area contributed by atoms with Crippen molar-refractivity contribution < 1.29 is 9.53 Å². The Morgan fingerprint density at radius 2 is 1.69 bits per heavy atom. The number of para-hydroxylation sites is 1. The van der Waals surface area contributed by atoms with Crippen LogP contribution in [0.2, 0.25) is 0 Å². The van der Waals surface area contributed by atoms with Crippen molar-refractivity contribution in [2.75, 3.05) is 36.4 Å². The molecule has 1 amide bonds. The van der Waals surface area contributed by atoms with Gasteiger partial charge < -0.3 is 24.4 Å². The number of fused-ring (bicyclic) bond motifs is 1. The number of benzene rings is 1. The van der Waals surface area contributed by atoms with Crippen molar-refractivity contribution in [3.8, 4) is 5.69 Å². The molecule has 9 nitrogen and oxygen atoms in total. The van der Waals surface area contributed by atoms with Crippen LogP contribution in [0.4, 0.5) is 22.2 Å². The predicted molar refractivity (Wildman–Crippen MR) is 141 cm³/mol. The zero-order chi connectivity index (χ0) is 25.3. The highest BCUT2D eigenvalue weighted by molar-refractivity contribution is 5.82. The molecule has 1 fully saturated rings. The van der Waals surface area contributed by atoms with Gasteiger partial charge in [-0.05, 0) is 57.5 Å². The number of nitrogens with one attached hydrogen (secondary N) is 1. The number of rotatable bonds is 4. The molecule has 0 atom stereocenters. The summed E-state index contributed by atoms with van der Waals surface area (Å²) in [5, 5.41) is 4.24. The van der Waals surface area contributed by atoms with Gasteiger partial charge in [-0.3, -0.25) is 0 Å². The summed E-state index contributed by atoms with van der Waals surface area (Å²) < 4.78 is 7.56. The van der Waals surface area contributed by atoms with Crippen molar-refractivity contribution in [3.05, 3.63) is 66.6 Å². The van der Waals surface area contributed by atoms with E-state index < -0.39 is 5.60 Å². The Bertz CT molecular complexity index is 1350. The number of amides is 1. The topological polar surface area (TPSA) is 88.4 Å². The molecule has 9 heteroatoms. The van der Waals surface area contributed by atoms with Gasteiger partial charge in [-0.2, -0.15) is 4.98 Å². The molecule has 1 saturated heterocycles. The van der Waals surface area contributed by atoms with Gasteiger partial charge in [-0.1, -0.05) is 18.2 Å². The molecule has 3 aromatic heterocycles. The lowest BCUT2D eigenvalue weighted by molar-refractivity contribution is 0.0240. The summed E-state index contributed by atoms with van der Waals surface area (Å²) in [6.07, 6.45) is 5.50. The first-order valence-corrected chi connectivity index (χ1v) is 12.1. The molecule has 1 N–H and O–H groups in total. The third-order valence-electron chi connectivity index (χ3n) is 6.06. The fraction of sp³-hybridized carbons (Fsp3) is 0.333. The minimum absolute atomic E-state index is 0.259. The Hall–Kier alpha value is -4.14. The number of carbonyl (C=O) groups is 1. The molecular formula is C27H31N7O2. The molecule has 1 aliphatic rings. The smallest absolute Gasteiger partial charge is 0.410 e. The second-order valence-corrected chi connectivity index (χ2v) is 9.93. The molecule has 4 heterocycles. The maximum absolute atomic E-state index is 12.3. The van der Waals surface area contributed by atoms with Crippen molar-refractivity contribution in [3.63, 3.8) is 0 Å². The monoisotopic (exact) mass is 485 g/mol. The molecule has 1 aliphatic heterocycles. The van der Waals surface area contributed by atoms with E-state index in [4.69, 9.17) is 9.72 Å². The lowest BCUT2D eigenvalue weighted by Crippen LogP contribution is -2.50. The van der Waals surface area contributed by atoms with E-state index >= 15 is 0 Å².